The normalized spacial score (nSPS) is 19.1. The van der Waals surface area contributed by atoms with Gasteiger partial charge in [0, 0.05) is 59.4 Å². The molecule has 1 aromatic rings. The van der Waals surface area contributed by atoms with Crippen molar-refractivity contribution >= 4 is 35.9 Å². The van der Waals surface area contributed by atoms with E-state index in [9.17, 15) is 4.79 Å². The molecule has 31 heavy (non-hydrogen) atoms. The zero-order valence-electron chi connectivity index (χ0n) is 19.2. The van der Waals surface area contributed by atoms with Crippen LogP contribution in [-0.4, -0.2) is 86.6 Å². The van der Waals surface area contributed by atoms with Crippen LogP contribution in [-0.2, 0) is 22.6 Å². The van der Waals surface area contributed by atoms with Crippen molar-refractivity contribution in [2.24, 2.45) is 10.9 Å². The van der Waals surface area contributed by atoms with Gasteiger partial charge < -0.3 is 19.9 Å². The fourth-order valence-electron chi connectivity index (χ4n) is 4.13. The van der Waals surface area contributed by atoms with Gasteiger partial charge in [0.05, 0.1) is 12.5 Å². The smallest absolute Gasteiger partial charge is 0.309 e. The number of likely N-dealkylation sites (tertiary alicyclic amines) is 1. The van der Waals surface area contributed by atoms with Crippen molar-refractivity contribution in [2.75, 3.05) is 60.0 Å². The molecule has 174 valence electrons. The van der Waals surface area contributed by atoms with Crippen LogP contribution in [0.4, 0.5) is 0 Å². The highest BCUT2D eigenvalue weighted by Gasteiger charge is 2.27. The number of guanidine groups is 1. The van der Waals surface area contributed by atoms with Gasteiger partial charge in [0.2, 0.25) is 0 Å². The number of ether oxygens (including phenoxy) is 1. The molecule has 0 aromatic heterocycles. The van der Waals surface area contributed by atoms with Crippen molar-refractivity contribution in [3.8, 4) is 0 Å². The number of aliphatic imine (C=N–C) groups is 1. The highest BCUT2D eigenvalue weighted by atomic mass is 127. The van der Waals surface area contributed by atoms with Crippen LogP contribution in [0.15, 0.2) is 29.3 Å². The molecule has 0 radical (unpaired) electrons. The minimum atomic E-state index is -0.0586. The Hall–Kier alpha value is -1.39. The van der Waals surface area contributed by atoms with Gasteiger partial charge in [-0.1, -0.05) is 24.3 Å². The van der Waals surface area contributed by atoms with Crippen LogP contribution in [0, 0.1) is 5.92 Å². The molecule has 7 nitrogen and oxygen atoms in total. The van der Waals surface area contributed by atoms with Crippen LogP contribution >= 0.6 is 24.0 Å². The van der Waals surface area contributed by atoms with Crippen LogP contribution in [0.1, 0.15) is 30.9 Å². The number of rotatable bonds is 6. The fourth-order valence-corrected chi connectivity index (χ4v) is 4.13. The van der Waals surface area contributed by atoms with E-state index in [2.05, 4.69) is 56.3 Å². The summed E-state index contributed by atoms with van der Waals surface area (Å²) in [4.78, 5) is 23.5. The van der Waals surface area contributed by atoms with E-state index in [-0.39, 0.29) is 35.9 Å². The fraction of sp³-hybridized carbons (Fsp3) is 0.652. The molecule has 0 bridgehead atoms. The van der Waals surface area contributed by atoms with E-state index < -0.39 is 0 Å². The molecular formula is C23H38IN5O2. The second-order valence-electron chi connectivity index (χ2n) is 8.31. The number of hydrogen-bond acceptors (Lipinski definition) is 5. The molecule has 0 atom stereocenters. The molecule has 1 aromatic carbocycles. The molecule has 3 rings (SSSR count). The van der Waals surface area contributed by atoms with E-state index >= 15 is 0 Å². The molecule has 0 aliphatic carbocycles. The average Bonchev–Trinajstić information content (AvgIpc) is 2.77. The van der Waals surface area contributed by atoms with E-state index in [1.807, 2.05) is 14.0 Å². The minimum Gasteiger partial charge on any atom is -0.466 e. The first-order valence-corrected chi connectivity index (χ1v) is 11.2. The third kappa shape index (κ3) is 7.91. The molecule has 0 saturated carbocycles. The third-order valence-electron chi connectivity index (χ3n) is 6.10. The van der Waals surface area contributed by atoms with Gasteiger partial charge in [0.1, 0.15) is 0 Å². The van der Waals surface area contributed by atoms with Gasteiger partial charge in [0.15, 0.2) is 5.96 Å². The Morgan fingerprint density at radius 1 is 1.06 bits per heavy atom. The van der Waals surface area contributed by atoms with Crippen LogP contribution < -0.4 is 5.32 Å². The number of piperazine rings is 1. The average molecular weight is 543 g/mol. The van der Waals surface area contributed by atoms with Gasteiger partial charge in [-0.05, 0) is 37.9 Å². The SMILES string of the molecule is CCOC(=O)C1CCN(C(=NC)NCc2ccc(CN3CCN(C)CC3)cc2)CC1.I. The summed E-state index contributed by atoms with van der Waals surface area (Å²) in [6, 6.07) is 8.89. The number of likely N-dealkylation sites (N-methyl/N-ethyl adjacent to an activating group) is 1. The Kier molecular flexibility index (Phi) is 11.0. The number of benzene rings is 1. The first-order valence-electron chi connectivity index (χ1n) is 11.2. The number of halogens is 1. The quantitative estimate of drug-likeness (QED) is 0.258. The molecule has 1 N–H and O–H groups in total. The predicted octanol–water partition coefficient (Wildman–Crippen LogP) is 2.40. The van der Waals surface area contributed by atoms with Gasteiger partial charge in [-0.3, -0.25) is 14.7 Å². The number of hydrogen-bond donors (Lipinski definition) is 1. The first-order chi connectivity index (χ1) is 14.6. The molecule has 2 aliphatic heterocycles. The van der Waals surface area contributed by atoms with Crippen molar-refractivity contribution in [1.29, 1.82) is 0 Å². The standard InChI is InChI=1S/C23H37N5O2.HI/c1-4-30-22(29)21-9-11-28(12-10-21)23(24-2)25-17-19-5-7-20(8-6-19)18-27-15-13-26(3)14-16-27;/h5-8,21H,4,9-18H2,1-3H3,(H,24,25);1H. The summed E-state index contributed by atoms with van der Waals surface area (Å²) in [7, 11) is 4.01. The monoisotopic (exact) mass is 543 g/mol. The number of carbonyl (C=O) groups excluding carboxylic acids is 1. The summed E-state index contributed by atoms with van der Waals surface area (Å²) in [6.07, 6.45) is 1.64. The van der Waals surface area contributed by atoms with E-state index in [0.29, 0.717) is 6.61 Å². The Morgan fingerprint density at radius 2 is 1.68 bits per heavy atom. The Balaban J connectivity index is 0.00000341. The lowest BCUT2D eigenvalue weighted by Gasteiger charge is -2.33. The molecule has 0 spiro atoms. The number of nitrogens with one attached hydrogen (secondary N) is 1. The largest absolute Gasteiger partial charge is 0.466 e. The first kappa shape index (κ1) is 25.9. The highest BCUT2D eigenvalue weighted by Crippen LogP contribution is 2.19. The van der Waals surface area contributed by atoms with Crippen molar-refractivity contribution in [3.05, 3.63) is 35.4 Å². The Bertz CT molecular complexity index is 696. The maximum atomic E-state index is 11.9. The summed E-state index contributed by atoms with van der Waals surface area (Å²) in [5.74, 6) is 0.864. The number of esters is 1. The topological polar surface area (TPSA) is 60.4 Å². The number of nitrogens with zero attached hydrogens (tertiary/aromatic N) is 4. The molecule has 2 saturated heterocycles. The Labute approximate surface area is 204 Å². The zero-order chi connectivity index (χ0) is 21.3. The van der Waals surface area contributed by atoms with Crippen molar-refractivity contribution in [1.82, 2.24) is 20.0 Å². The summed E-state index contributed by atoms with van der Waals surface area (Å²) in [5.41, 5.74) is 2.62. The summed E-state index contributed by atoms with van der Waals surface area (Å²) in [6.45, 7) is 10.3. The minimum absolute atomic E-state index is 0. The van der Waals surface area contributed by atoms with E-state index in [1.54, 1.807) is 0 Å². The molecule has 2 fully saturated rings. The summed E-state index contributed by atoms with van der Waals surface area (Å²) >= 11 is 0. The van der Waals surface area contributed by atoms with Crippen LogP contribution in [0.3, 0.4) is 0 Å². The Morgan fingerprint density at radius 3 is 2.26 bits per heavy atom. The van der Waals surface area contributed by atoms with E-state index in [0.717, 1.165) is 71.2 Å². The molecule has 0 amide bonds. The van der Waals surface area contributed by atoms with Crippen molar-refractivity contribution in [2.45, 2.75) is 32.9 Å². The van der Waals surface area contributed by atoms with Crippen molar-refractivity contribution < 1.29 is 9.53 Å². The second kappa shape index (κ2) is 13.2. The molecule has 2 aliphatic rings. The highest BCUT2D eigenvalue weighted by molar-refractivity contribution is 14.0. The lowest BCUT2D eigenvalue weighted by molar-refractivity contribution is -0.149. The van der Waals surface area contributed by atoms with Crippen LogP contribution in [0.25, 0.3) is 0 Å². The lowest BCUT2D eigenvalue weighted by Crippen LogP contribution is -2.46. The lowest BCUT2D eigenvalue weighted by atomic mass is 9.97. The van der Waals surface area contributed by atoms with Crippen molar-refractivity contribution in [3.63, 3.8) is 0 Å². The van der Waals surface area contributed by atoms with Gasteiger partial charge in [-0.25, -0.2) is 0 Å². The van der Waals surface area contributed by atoms with Gasteiger partial charge >= 0.3 is 5.97 Å². The number of piperidine rings is 1. The van der Waals surface area contributed by atoms with Gasteiger partial charge in [-0.15, -0.1) is 24.0 Å². The maximum Gasteiger partial charge on any atom is 0.309 e. The molecular weight excluding hydrogens is 505 g/mol. The molecule has 8 heteroatoms. The maximum absolute atomic E-state index is 11.9. The third-order valence-corrected chi connectivity index (χ3v) is 6.10. The number of carbonyl (C=O) groups is 1. The van der Waals surface area contributed by atoms with Gasteiger partial charge in [0.25, 0.3) is 0 Å². The summed E-state index contributed by atoms with van der Waals surface area (Å²) in [5, 5.41) is 3.47. The molecule has 0 unspecified atom stereocenters. The van der Waals surface area contributed by atoms with Gasteiger partial charge in [-0.2, -0.15) is 0 Å². The molecule has 2 heterocycles. The van der Waals surface area contributed by atoms with Crippen LogP contribution in [0.2, 0.25) is 0 Å². The van der Waals surface area contributed by atoms with Crippen LogP contribution in [0.5, 0.6) is 0 Å². The van der Waals surface area contributed by atoms with E-state index in [1.165, 1.54) is 11.1 Å². The second-order valence-corrected chi connectivity index (χ2v) is 8.31. The zero-order valence-corrected chi connectivity index (χ0v) is 21.5. The predicted molar refractivity (Wildman–Crippen MR) is 136 cm³/mol. The van der Waals surface area contributed by atoms with E-state index in [4.69, 9.17) is 4.74 Å². The summed E-state index contributed by atoms with van der Waals surface area (Å²) < 4.78 is 5.16.